The summed E-state index contributed by atoms with van der Waals surface area (Å²) in [6.07, 6.45) is 2.63. The number of carbonyl (C=O) groups is 2. The lowest BCUT2D eigenvalue weighted by Crippen LogP contribution is -2.52. The molecule has 1 atom stereocenters. The van der Waals surface area contributed by atoms with Gasteiger partial charge in [0, 0.05) is 35.2 Å². The van der Waals surface area contributed by atoms with Gasteiger partial charge in [0.25, 0.3) is 0 Å². The van der Waals surface area contributed by atoms with Gasteiger partial charge in [0.05, 0.1) is 19.6 Å². The maximum absolute atomic E-state index is 12.9. The first kappa shape index (κ1) is 19.7. The molecule has 0 bridgehead atoms. The quantitative estimate of drug-likeness (QED) is 0.795. The summed E-state index contributed by atoms with van der Waals surface area (Å²) in [4.78, 5) is 30.5. The molecule has 1 fully saturated rings. The minimum absolute atomic E-state index is 0.0256. The van der Waals surface area contributed by atoms with Crippen molar-refractivity contribution in [1.82, 2.24) is 15.2 Å². The molecule has 2 aromatic rings. The van der Waals surface area contributed by atoms with Crippen molar-refractivity contribution in [3.63, 3.8) is 0 Å². The lowest BCUT2D eigenvalue weighted by Gasteiger charge is -2.31. The molecule has 1 aliphatic rings. The van der Waals surface area contributed by atoms with E-state index in [-0.39, 0.29) is 18.2 Å². The number of amides is 2. The first-order valence-corrected chi connectivity index (χ1v) is 9.73. The molecule has 2 heterocycles. The molecule has 0 spiro atoms. The standard InChI is InChI=1S/C20H26ClN3O3/c1-13(2)9-18(20(26)24-5-7-27-8-6-24)23-19(25)10-14-12-22-17-4-3-15(21)11-16(14)17/h3-4,11-13,18,22H,5-10H2,1-2H3,(H,23,25). The Morgan fingerprint density at radius 1 is 1.30 bits per heavy atom. The average Bonchev–Trinajstić information content (AvgIpc) is 3.03. The summed E-state index contributed by atoms with van der Waals surface area (Å²) in [6, 6.07) is 5.04. The Hall–Kier alpha value is -2.05. The van der Waals surface area contributed by atoms with E-state index in [1.54, 1.807) is 4.90 Å². The van der Waals surface area contributed by atoms with E-state index in [0.29, 0.717) is 43.7 Å². The maximum atomic E-state index is 12.9. The number of H-pyrrole nitrogens is 1. The predicted molar refractivity (Wildman–Crippen MR) is 106 cm³/mol. The minimum Gasteiger partial charge on any atom is -0.378 e. The van der Waals surface area contributed by atoms with Crippen LogP contribution in [0.25, 0.3) is 10.9 Å². The van der Waals surface area contributed by atoms with Crippen molar-refractivity contribution >= 4 is 34.3 Å². The third-order valence-electron chi connectivity index (χ3n) is 4.74. The van der Waals surface area contributed by atoms with Gasteiger partial charge in [0.1, 0.15) is 6.04 Å². The lowest BCUT2D eigenvalue weighted by atomic mass is 10.0. The highest BCUT2D eigenvalue weighted by atomic mass is 35.5. The molecule has 1 aromatic heterocycles. The molecule has 0 aliphatic carbocycles. The fourth-order valence-corrected chi connectivity index (χ4v) is 3.58. The smallest absolute Gasteiger partial charge is 0.245 e. The highest BCUT2D eigenvalue weighted by Gasteiger charge is 2.28. The Morgan fingerprint density at radius 3 is 2.74 bits per heavy atom. The van der Waals surface area contributed by atoms with Crippen LogP contribution >= 0.6 is 11.6 Å². The fourth-order valence-electron chi connectivity index (χ4n) is 3.41. The van der Waals surface area contributed by atoms with Crippen molar-refractivity contribution in [2.24, 2.45) is 5.92 Å². The third kappa shape index (κ3) is 5.02. The molecule has 1 unspecified atom stereocenters. The molecule has 27 heavy (non-hydrogen) atoms. The first-order chi connectivity index (χ1) is 12.9. The third-order valence-corrected chi connectivity index (χ3v) is 4.98. The van der Waals surface area contributed by atoms with E-state index in [0.717, 1.165) is 16.5 Å². The van der Waals surface area contributed by atoms with Gasteiger partial charge in [0.2, 0.25) is 11.8 Å². The number of hydrogen-bond acceptors (Lipinski definition) is 3. The number of rotatable bonds is 6. The molecule has 1 aliphatic heterocycles. The molecule has 6 nitrogen and oxygen atoms in total. The van der Waals surface area contributed by atoms with Crippen LogP contribution in [0.4, 0.5) is 0 Å². The number of hydrogen-bond donors (Lipinski definition) is 2. The molecular formula is C20H26ClN3O3. The Bertz CT molecular complexity index is 812. The molecule has 3 rings (SSSR count). The van der Waals surface area contributed by atoms with Crippen LogP contribution in [-0.4, -0.2) is 54.0 Å². The van der Waals surface area contributed by atoms with Gasteiger partial charge in [-0.25, -0.2) is 0 Å². The van der Waals surface area contributed by atoms with Crippen LogP contribution in [-0.2, 0) is 20.7 Å². The number of benzene rings is 1. The normalized spacial score (nSPS) is 15.9. The second-order valence-electron chi connectivity index (χ2n) is 7.37. The number of nitrogens with one attached hydrogen (secondary N) is 2. The summed E-state index contributed by atoms with van der Waals surface area (Å²) in [5.41, 5.74) is 1.80. The second kappa shape index (κ2) is 8.76. The zero-order valence-corrected chi connectivity index (χ0v) is 16.5. The van der Waals surface area contributed by atoms with E-state index in [1.165, 1.54) is 0 Å². The van der Waals surface area contributed by atoms with E-state index in [2.05, 4.69) is 10.3 Å². The zero-order valence-electron chi connectivity index (χ0n) is 15.8. The Balaban J connectivity index is 1.69. The van der Waals surface area contributed by atoms with Crippen molar-refractivity contribution in [2.45, 2.75) is 32.7 Å². The number of carbonyl (C=O) groups excluding carboxylic acids is 2. The Kier molecular flexibility index (Phi) is 6.39. The summed E-state index contributed by atoms with van der Waals surface area (Å²) in [6.45, 7) is 6.34. The number of aromatic nitrogens is 1. The number of nitrogens with zero attached hydrogens (tertiary/aromatic N) is 1. The summed E-state index contributed by atoms with van der Waals surface area (Å²) < 4.78 is 5.32. The Morgan fingerprint density at radius 2 is 2.04 bits per heavy atom. The van der Waals surface area contributed by atoms with E-state index in [4.69, 9.17) is 16.3 Å². The fraction of sp³-hybridized carbons (Fsp3) is 0.500. The summed E-state index contributed by atoms with van der Waals surface area (Å²) >= 11 is 6.08. The molecule has 146 valence electrons. The highest BCUT2D eigenvalue weighted by Crippen LogP contribution is 2.23. The lowest BCUT2D eigenvalue weighted by molar-refractivity contribution is -0.140. The number of halogens is 1. The summed E-state index contributed by atoms with van der Waals surface area (Å²) in [5.74, 6) is 0.109. The van der Waals surface area contributed by atoms with Crippen molar-refractivity contribution < 1.29 is 14.3 Å². The molecule has 0 saturated carbocycles. The van der Waals surface area contributed by atoms with Crippen LogP contribution < -0.4 is 5.32 Å². The van der Waals surface area contributed by atoms with Gasteiger partial charge in [-0.1, -0.05) is 25.4 Å². The van der Waals surface area contributed by atoms with Gasteiger partial charge in [-0.15, -0.1) is 0 Å². The van der Waals surface area contributed by atoms with Crippen LogP contribution in [0.15, 0.2) is 24.4 Å². The van der Waals surface area contributed by atoms with E-state index in [9.17, 15) is 9.59 Å². The molecule has 2 amide bonds. The van der Waals surface area contributed by atoms with Crippen LogP contribution in [0, 0.1) is 5.92 Å². The number of aromatic amines is 1. The first-order valence-electron chi connectivity index (χ1n) is 9.35. The summed E-state index contributed by atoms with van der Waals surface area (Å²) in [5, 5.41) is 4.50. The van der Waals surface area contributed by atoms with Gasteiger partial charge in [-0.2, -0.15) is 0 Å². The van der Waals surface area contributed by atoms with Crippen LogP contribution in [0.5, 0.6) is 0 Å². The second-order valence-corrected chi connectivity index (χ2v) is 7.80. The highest BCUT2D eigenvalue weighted by molar-refractivity contribution is 6.31. The van der Waals surface area contributed by atoms with Gasteiger partial charge in [0.15, 0.2) is 0 Å². The van der Waals surface area contributed by atoms with Crippen molar-refractivity contribution in [3.8, 4) is 0 Å². The molecular weight excluding hydrogens is 366 g/mol. The van der Waals surface area contributed by atoms with Crippen LogP contribution in [0.3, 0.4) is 0 Å². The van der Waals surface area contributed by atoms with E-state index < -0.39 is 6.04 Å². The maximum Gasteiger partial charge on any atom is 0.245 e. The minimum atomic E-state index is -0.510. The summed E-state index contributed by atoms with van der Waals surface area (Å²) in [7, 11) is 0. The van der Waals surface area contributed by atoms with Crippen molar-refractivity contribution in [2.75, 3.05) is 26.3 Å². The zero-order chi connectivity index (χ0) is 19.4. The van der Waals surface area contributed by atoms with E-state index >= 15 is 0 Å². The van der Waals surface area contributed by atoms with Gasteiger partial charge in [-0.05, 0) is 36.1 Å². The molecule has 1 aromatic carbocycles. The number of ether oxygens (including phenoxy) is 1. The molecule has 0 radical (unpaired) electrons. The van der Waals surface area contributed by atoms with Crippen LogP contribution in [0.2, 0.25) is 5.02 Å². The van der Waals surface area contributed by atoms with Crippen molar-refractivity contribution in [3.05, 3.63) is 35.0 Å². The van der Waals surface area contributed by atoms with Gasteiger partial charge in [-0.3, -0.25) is 9.59 Å². The molecule has 2 N–H and O–H groups in total. The average molecular weight is 392 g/mol. The Labute approximate surface area is 164 Å². The topological polar surface area (TPSA) is 74.4 Å². The number of fused-ring (bicyclic) bond motifs is 1. The SMILES string of the molecule is CC(C)CC(NC(=O)Cc1c[nH]c2ccc(Cl)cc12)C(=O)N1CCOCC1. The molecule has 1 saturated heterocycles. The van der Waals surface area contributed by atoms with Gasteiger partial charge < -0.3 is 19.9 Å². The van der Waals surface area contributed by atoms with Gasteiger partial charge >= 0.3 is 0 Å². The monoisotopic (exact) mass is 391 g/mol. The predicted octanol–water partition coefficient (Wildman–Crippen LogP) is 2.75. The van der Waals surface area contributed by atoms with Crippen molar-refractivity contribution in [1.29, 1.82) is 0 Å². The number of morpholine rings is 1. The van der Waals surface area contributed by atoms with Crippen LogP contribution in [0.1, 0.15) is 25.8 Å². The molecule has 7 heteroatoms. The van der Waals surface area contributed by atoms with E-state index in [1.807, 2.05) is 38.2 Å². The largest absolute Gasteiger partial charge is 0.378 e.